The molecule has 1 unspecified atom stereocenters. The van der Waals surface area contributed by atoms with Crippen LogP contribution in [0.2, 0.25) is 0 Å². The second-order valence-corrected chi connectivity index (χ2v) is 2.37. The SMILES string of the molecule is O=C(OC(=O)C(F)(F)C(F)F)C(F)C(F)F. The van der Waals surface area contributed by atoms with Crippen molar-refractivity contribution in [3.8, 4) is 0 Å². The van der Waals surface area contributed by atoms with Crippen molar-refractivity contribution in [3.05, 3.63) is 0 Å². The molecule has 0 saturated carbocycles. The molecule has 3 nitrogen and oxygen atoms in total. The van der Waals surface area contributed by atoms with Crippen molar-refractivity contribution >= 4 is 11.9 Å². The van der Waals surface area contributed by atoms with Gasteiger partial charge in [0.25, 0.3) is 12.6 Å². The van der Waals surface area contributed by atoms with Gasteiger partial charge in [-0.05, 0) is 0 Å². The normalized spacial score (nSPS) is 14.1. The van der Waals surface area contributed by atoms with Crippen LogP contribution in [0.25, 0.3) is 0 Å². The molecule has 0 bridgehead atoms. The highest BCUT2D eigenvalue weighted by Gasteiger charge is 2.52. The maximum atomic E-state index is 12.1. The van der Waals surface area contributed by atoms with Gasteiger partial charge in [0.15, 0.2) is 0 Å². The molecule has 0 aliphatic carbocycles. The van der Waals surface area contributed by atoms with Crippen LogP contribution in [0.4, 0.5) is 30.7 Å². The fourth-order valence-electron chi connectivity index (χ4n) is 0.408. The van der Waals surface area contributed by atoms with Crippen molar-refractivity contribution in [1.82, 2.24) is 0 Å². The monoisotopic (exact) mass is 256 g/mol. The minimum atomic E-state index is -5.36. The number of carbonyl (C=O) groups is 2. The summed E-state index contributed by atoms with van der Waals surface area (Å²) in [6.45, 7) is 0. The number of ether oxygens (including phenoxy) is 1. The van der Waals surface area contributed by atoms with E-state index >= 15 is 0 Å². The molecular weight excluding hydrogens is 253 g/mol. The molecule has 16 heavy (non-hydrogen) atoms. The van der Waals surface area contributed by atoms with Gasteiger partial charge in [-0.15, -0.1) is 0 Å². The Bertz CT molecular complexity index is 277. The number of esters is 2. The predicted molar refractivity (Wildman–Crippen MR) is 33.0 cm³/mol. The van der Waals surface area contributed by atoms with Gasteiger partial charge in [-0.1, -0.05) is 0 Å². The van der Waals surface area contributed by atoms with E-state index in [2.05, 4.69) is 4.74 Å². The van der Waals surface area contributed by atoms with Crippen LogP contribution in [0.15, 0.2) is 0 Å². The molecule has 0 saturated heterocycles. The quantitative estimate of drug-likeness (QED) is 0.435. The third-order valence-corrected chi connectivity index (χ3v) is 1.19. The summed E-state index contributed by atoms with van der Waals surface area (Å²) < 4.78 is 84.9. The van der Waals surface area contributed by atoms with Gasteiger partial charge in [-0.3, -0.25) is 0 Å². The van der Waals surface area contributed by atoms with E-state index in [-0.39, 0.29) is 0 Å². The Kier molecular flexibility index (Phi) is 4.69. The Morgan fingerprint density at radius 3 is 1.75 bits per heavy atom. The molecule has 94 valence electrons. The lowest BCUT2D eigenvalue weighted by Gasteiger charge is -2.13. The number of halogens is 7. The zero-order chi connectivity index (χ0) is 13.1. The Morgan fingerprint density at radius 1 is 1.00 bits per heavy atom. The van der Waals surface area contributed by atoms with Gasteiger partial charge < -0.3 is 4.74 Å². The minimum Gasteiger partial charge on any atom is -0.386 e. The first-order valence-corrected chi connectivity index (χ1v) is 3.45. The Morgan fingerprint density at radius 2 is 1.44 bits per heavy atom. The second-order valence-electron chi connectivity index (χ2n) is 2.37. The molecule has 0 N–H and O–H groups in total. The van der Waals surface area contributed by atoms with E-state index in [9.17, 15) is 40.3 Å². The summed E-state index contributed by atoms with van der Waals surface area (Å²) in [5.74, 6) is -11.1. The number of hydrogen-bond donors (Lipinski definition) is 0. The zero-order valence-corrected chi connectivity index (χ0v) is 7.10. The molecule has 10 heteroatoms. The number of carbonyl (C=O) groups excluding carboxylic acids is 2. The molecule has 0 fully saturated rings. The highest BCUT2D eigenvalue weighted by Crippen LogP contribution is 2.24. The Labute approximate surface area is 83.2 Å². The predicted octanol–water partition coefficient (Wildman–Crippen LogP) is 1.56. The standard InChI is InChI=1S/C6H3F7O3/c7-1(2(8)9)3(14)16-5(15)6(12,13)4(10)11/h1-2,4H. The van der Waals surface area contributed by atoms with Crippen LogP contribution < -0.4 is 0 Å². The number of rotatable bonds is 4. The van der Waals surface area contributed by atoms with Crippen molar-refractivity contribution in [3.63, 3.8) is 0 Å². The van der Waals surface area contributed by atoms with E-state index in [0.717, 1.165) is 0 Å². The lowest BCUT2D eigenvalue weighted by Crippen LogP contribution is -2.41. The number of alkyl halides is 7. The minimum absolute atomic E-state index is 2.65. The summed E-state index contributed by atoms with van der Waals surface area (Å²) in [6.07, 6.45) is -12.1. The second kappa shape index (κ2) is 5.12. The van der Waals surface area contributed by atoms with Crippen molar-refractivity contribution in [2.24, 2.45) is 0 Å². The Hall–Kier alpha value is -1.35. The highest BCUT2D eigenvalue weighted by atomic mass is 19.3. The summed E-state index contributed by atoms with van der Waals surface area (Å²) >= 11 is 0. The summed E-state index contributed by atoms with van der Waals surface area (Å²) in [5, 5.41) is 0. The van der Waals surface area contributed by atoms with Crippen LogP contribution in [0.1, 0.15) is 0 Å². The van der Waals surface area contributed by atoms with Crippen molar-refractivity contribution in [2.45, 2.75) is 24.9 Å². The molecule has 0 rings (SSSR count). The lowest BCUT2D eigenvalue weighted by molar-refractivity contribution is -0.199. The van der Waals surface area contributed by atoms with Crippen molar-refractivity contribution in [2.75, 3.05) is 0 Å². The molecule has 0 aliphatic rings. The fraction of sp³-hybridized carbons (Fsp3) is 0.667. The van der Waals surface area contributed by atoms with Gasteiger partial charge >= 0.3 is 24.3 Å². The molecular formula is C6H3F7O3. The third-order valence-electron chi connectivity index (χ3n) is 1.19. The van der Waals surface area contributed by atoms with Crippen LogP contribution in [-0.4, -0.2) is 36.9 Å². The van der Waals surface area contributed by atoms with Gasteiger partial charge in [0.1, 0.15) is 0 Å². The topological polar surface area (TPSA) is 43.4 Å². The van der Waals surface area contributed by atoms with Crippen LogP contribution in [0.5, 0.6) is 0 Å². The van der Waals surface area contributed by atoms with Crippen LogP contribution in [0, 0.1) is 0 Å². The summed E-state index contributed by atoms with van der Waals surface area (Å²) in [5.41, 5.74) is 0. The molecule has 0 aliphatic heterocycles. The van der Waals surface area contributed by atoms with Gasteiger partial charge in [-0.25, -0.2) is 31.5 Å². The van der Waals surface area contributed by atoms with Crippen LogP contribution in [-0.2, 0) is 14.3 Å². The van der Waals surface area contributed by atoms with E-state index in [1.807, 2.05) is 0 Å². The average molecular weight is 256 g/mol. The first-order valence-electron chi connectivity index (χ1n) is 3.45. The van der Waals surface area contributed by atoms with Crippen LogP contribution >= 0.6 is 0 Å². The maximum absolute atomic E-state index is 12.1. The van der Waals surface area contributed by atoms with Gasteiger partial charge in [-0.2, -0.15) is 8.78 Å². The summed E-state index contributed by atoms with van der Waals surface area (Å²) in [6, 6.07) is 0. The third kappa shape index (κ3) is 3.35. The van der Waals surface area contributed by atoms with E-state index in [0.29, 0.717) is 0 Å². The van der Waals surface area contributed by atoms with Crippen molar-refractivity contribution in [1.29, 1.82) is 0 Å². The molecule has 0 amide bonds. The molecule has 0 aromatic rings. The summed E-state index contributed by atoms with van der Waals surface area (Å²) in [4.78, 5) is 20.3. The number of hydrogen-bond acceptors (Lipinski definition) is 3. The maximum Gasteiger partial charge on any atom is 0.402 e. The largest absolute Gasteiger partial charge is 0.402 e. The van der Waals surface area contributed by atoms with E-state index in [1.54, 1.807) is 0 Å². The molecule has 0 aromatic heterocycles. The average Bonchev–Trinajstić information content (AvgIpc) is 2.15. The van der Waals surface area contributed by atoms with E-state index < -0.39 is 36.9 Å². The lowest BCUT2D eigenvalue weighted by atomic mass is 10.3. The highest BCUT2D eigenvalue weighted by molar-refractivity contribution is 5.91. The molecule has 0 radical (unpaired) electrons. The first kappa shape index (κ1) is 14.7. The van der Waals surface area contributed by atoms with E-state index in [4.69, 9.17) is 0 Å². The molecule has 0 heterocycles. The van der Waals surface area contributed by atoms with Gasteiger partial charge in [0.05, 0.1) is 0 Å². The molecule has 0 spiro atoms. The van der Waals surface area contributed by atoms with Crippen LogP contribution in [0.3, 0.4) is 0 Å². The fourth-order valence-corrected chi connectivity index (χ4v) is 0.408. The Balaban J connectivity index is 4.53. The first-order chi connectivity index (χ1) is 7.10. The molecule has 1 atom stereocenters. The van der Waals surface area contributed by atoms with Gasteiger partial charge in [0, 0.05) is 0 Å². The van der Waals surface area contributed by atoms with E-state index in [1.165, 1.54) is 0 Å². The summed E-state index contributed by atoms with van der Waals surface area (Å²) in [7, 11) is 0. The van der Waals surface area contributed by atoms with Crippen molar-refractivity contribution < 1.29 is 45.1 Å². The smallest absolute Gasteiger partial charge is 0.386 e. The zero-order valence-electron chi connectivity index (χ0n) is 7.10. The molecule has 0 aromatic carbocycles. The van der Waals surface area contributed by atoms with Gasteiger partial charge in [0.2, 0.25) is 0 Å².